The molecule has 1 amide bonds. The number of benzene rings is 1. The van der Waals surface area contributed by atoms with E-state index in [2.05, 4.69) is 22.5 Å². The number of hydrogen-bond acceptors (Lipinski definition) is 4. The van der Waals surface area contributed by atoms with Crippen molar-refractivity contribution in [2.24, 2.45) is 0 Å². The first kappa shape index (κ1) is 21.7. The molecular formula is C22H29ClFN3O2. The van der Waals surface area contributed by atoms with Gasteiger partial charge in [-0.2, -0.15) is 0 Å². The molecular weight excluding hydrogens is 393 g/mol. The van der Waals surface area contributed by atoms with E-state index in [4.69, 9.17) is 16.3 Å². The molecule has 2 unspecified atom stereocenters. The first-order valence-corrected chi connectivity index (χ1v) is 10.6. The van der Waals surface area contributed by atoms with Crippen LogP contribution in [0.5, 0.6) is 5.75 Å². The molecule has 7 heteroatoms. The van der Waals surface area contributed by atoms with Gasteiger partial charge in [0.1, 0.15) is 11.6 Å². The highest BCUT2D eigenvalue weighted by atomic mass is 35.5. The monoisotopic (exact) mass is 421 g/mol. The van der Waals surface area contributed by atoms with Crippen LogP contribution in [0.2, 0.25) is 0 Å². The summed E-state index contributed by atoms with van der Waals surface area (Å²) >= 11 is 6.32. The lowest BCUT2D eigenvalue weighted by atomic mass is 10.0. The first-order chi connectivity index (χ1) is 14.0. The second-order valence-electron chi connectivity index (χ2n) is 7.46. The number of halogens is 2. The summed E-state index contributed by atoms with van der Waals surface area (Å²) in [6.45, 7) is 4.39. The second-order valence-corrected chi connectivity index (χ2v) is 7.84. The summed E-state index contributed by atoms with van der Waals surface area (Å²) in [6.07, 6.45) is 5.34. The highest BCUT2D eigenvalue weighted by Gasteiger charge is 2.31. The van der Waals surface area contributed by atoms with Gasteiger partial charge in [0.15, 0.2) is 0 Å². The molecule has 1 aromatic rings. The number of nitrogens with one attached hydrogen (secondary N) is 2. The van der Waals surface area contributed by atoms with Crippen LogP contribution in [0.4, 0.5) is 4.39 Å². The predicted octanol–water partition coefficient (Wildman–Crippen LogP) is 3.97. The zero-order valence-electron chi connectivity index (χ0n) is 17.0. The molecule has 1 aromatic carbocycles. The summed E-state index contributed by atoms with van der Waals surface area (Å²) in [6, 6.07) is 6.53. The van der Waals surface area contributed by atoms with Crippen molar-refractivity contribution in [2.45, 2.75) is 44.7 Å². The van der Waals surface area contributed by atoms with Gasteiger partial charge in [-0.25, -0.2) is 4.39 Å². The van der Waals surface area contributed by atoms with Crippen molar-refractivity contribution in [1.29, 1.82) is 0 Å². The molecule has 0 aromatic heterocycles. The lowest BCUT2D eigenvalue weighted by Crippen LogP contribution is -2.38. The normalized spacial score (nSPS) is 21.9. The summed E-state index contributed by atoms with van der Waals surface area (Å²) in [5, 5.41) is 6.08. The molecule has 1 aliphatic heterocycles. The molecule has 0 bridgehead atoms. The molecule has 2 atom stereocenters. The third kappa shape index (κ3) is 5.31. The lowest BCUT2D eigenvalue weighted by Gasteiger charge is -2.28. The Kier molecular flexibility index (Phi) is 7.56. The standard InChI is InChI=1S/C22H29ClFN3O2/c1-3-4-13-29-17-7-5-15(6-8-17)22(28)26-18-9-10-19(20(23)21(18)24)27-12-11-16(14-27)25-2/h5-8,10,16,18,25H,3-4,9,11-14H2,1-2H3,(H,26,28). The van der Waals surface area contributed by atoms with E-state index in [0.29, 0.717) is 24.6 Å². The number of unbranched alkanes of at least 4 members (excludes halogenated alkanes) is 1. The Morgan fingerprint density at radius 3 is 2.76 bits per heavy atom. The van der Waals surface area contributed by atoms with Gasteiger partial charge in [-0.3, -0.25) is 4.79 Å². The summed E-state index contributed by atoms with van der Waals surface area (Å²) in [5.74, 6) is -0.0900. The van der Waals surface area contributed by atoms with E-state index in [-0.39, 0.29) is 10.9 Å². The Morgan fingerprint density at radius 1 is 1.34 bits per heavy atom. The lowest BCUT2D eigenvalue weighted by molar-refractivity contribution is 0.0938. The van der Waals surface area contributed by atoms with Gasteiger partial charge in [0, 0.05) is 24.7 Å². The first-order valence-electron chi connectivity index (χ1n) is 10.2. The number of hydrogen-bond donors (Lipinski definition) is 2. The van der Waals surface area contributed by atoms with Crippen LogP contribution in [-0.4, -0.2) is 49.6 Å². The summed E-state index contributed by atoms with van der Waals surface area (Å²) in [7, 11) is 1.93. The van der Waals surface area contributed by atoms with E-state index < -0.39 is 11.9 Å². The Bertz CT molecular complexity index is 779. The van der Waals surface area contributed by atoms with E-state index in [1.807, 2.05) is 13.1 Å². The highest BCUT2D eigenvalue weighted by molar-refractivity contribution is 6.32. The number of rotatable bonds is 8. The molecule has 0 radical (unpaired) electrons. The van der Waals surface area contributed by atoms with Gasteiger partial charge in [0.05, 0.1) is 23.4 Å². The third-order valence-electron chi connectivity index (χ3n) is 5.41. The Labute approximate surface area is 176 Å². The van der Waals surface area contributed by atoms with Crippen molar-refractivity contribution in [3.8, 4) is 5.75 Å². The van der Waals surface area contributed by atoms with Crippen molar-refractivity contribution < 1.29 is 13.9 Å². The average Bonchev–Trinajstić information content (AvgIpc) is 3.21. The summed E-state index contributed by atoms with van der Waals surface area (Å²) in [5.41, 5.74) is 1.18. The maximum Gasteiger partial charge on any atom is 0.251 e. The van der Waals surface area contributed by atoms with Gasteiger partial charge in [-0.05, 0) is 50.6 Å². The Morgan fingerprint density at radius 2 is 2.10 bits per heavy atom. The molecule has 1 aliphatic carbocycles. The molecule has 2 aliphatic rings. The number of ether oxygens (including phenoxy) is 1. The molecule has 2 N–H and O–H groups in total. The Balaban J connectivity index is 1.59. The molecule has 1 heterocycles. The minimum Gasteiger partial charge on any atom is -0.494 e. The summed E-state index contributed by atoms with van der Waals surface area (Å²) in [4.78, 5) is 14.6. The minimum absolute atomic E-state index is 0.0953. The minimum atomic E-state index is -0.748. The maximum atomic E-state index is 14.9. The van der Waals surface area contributed by atoms with Crippen LogP contribution in [0.25, 0.3) is 0 Å². The molecule has 0 saturated carbocycles. The van der Waals surface area contributed by atoms with Crippen molar-refractivity contribution in [2.75, 3.05) is 26.7 Å². The fourth-order valence-corrected chi connectivity index (χ4v) is 3.91. The van der Waals surface area contributed by atoms with Crippen molar-refractivity contribution in [1.82, 2.24) is 15.5 Å². The summed E-state index contributed by atoms with van der Waals surface area (Å²) < 4.78 is 20.5. The molecule has 5 nitrogen and oxygen atoms in total. The van der Waals surface area contributed by atoms with Crippen molar-refractivity contribution in [3.63, 3.8) is 0 Å². The van der Waals surface area contributed by atoms with Gasteiger partial charge in [0.25, 0.3) is 5.91 Å². The number of carbonyl (C=O) groups excluding carboxylic acids is 1. The molecule has 3 rings (SSSR count). The van der Waals surface area contributed by atoms with Crippen LogP contribution >= 0.6 is 11.6 Å². The zero-order chi connectivity index (χ0) is 20.8. The van der Waals surface area contributed by atoms with Gasteiger partial charge in [-0.1, -0.05) is 31.0 Å². The van der Waals surface area contributed by atoms with Gasteiger partial charge >= 0.3 is 0 Å². The number of carbonyl (C=O) groups is 1. The third-order valence-corrected chi connectivity index (χ3v) is 5.79. The number of likely N-dealkylation sites (N-methyl/N-ethyl adjacent to an activating group) is 1. The van der Waals surface area contributed by atoms with Gasteiger partial charge < -0.3 is 20.3 Å². The fraction of sp³-hybridized carbons (Fsp3) is 0.500. The van der Waals surface area contributed by atoms with Gasteiger partial charge in [-0.15, -0.1) is 0 Å². The average molecular weight is 422 g/mol. The van der Waals surface area contributed by atoms with Crippen LogP contribution in [0.1, 0.15) is 43.0 Å². The van der Waals surface area contributed by atoms with E-state index >= 15 is 0 Å². The predicted molar refractivity (Wildman–Crippen MR) is 114 cm³/mol. The van der Waals surface area contributed by atoms with Crippen LogP contribution in [0.3, 0.4) is 0 Å². The van der Waals surface area contributed by atoms with Crippen LogP contribution in [0.15, 0.2) is 46.9 Å². The number of likely N-dealkylation sites (tertiary alicyclic amines) is 1. The highest BCUT2D eigenvalue weighted by Crippen LogP contribution is 2.33. The smallest absolute Gasteiger partial charge is 0.251 e. The molecule has 1 fully saturated rings. The topological polar surface area (TPSA) is 53.6 Å². The molecule has 29 heavy (non-hydrogen) atoms. The number of amides is 1. The fourth-order valence-electron chi connectivity index (χ4n) is 3.58. The van der Waals surface area contributed by atoms with E-state index in [0.717, 1.165) is 43.8 Å². The van der Waals surface area contributed by atoms with Crippen molar-refractivity contribution in [3.05, 3.63) is 52.5 Å². The number of allylic oxidation sites excluding steroid dienone is 1. The van der Waals surface area contributed by atoms with E-state index in [1.165, 1.54) is 0 Å². The quantitative estimate of drug-likeness (QED) is 0.624. The van der Waals surface area contributed by atoms with Crippen LogP contribution in [-0.2, 0) is 0 Å². The van der Waals surface area contributed by atoms with Crippen molar-refractivity contribution >= 4 is 17.5 Å². The van der Waals surface area contributed by atoms with E-state index in [1.54, 1.807) is 24.3 Å². The zero-order valence-corrected chi connectivity index (χ0v) is 17.8. The van der Waals surface area contributed by atoms with E-state index in [9.17, 15) is 9.18 Å². The SMILES string of the molecule is CCCCOc1ccc(C(=O)NC2CC=C(N3CCC(NC)C3)C(Cl)=C2F)cc1. The largest absolute Gasteiger partial charge is 0.494 e. The number of nitrogens with zero attached hydrogens (tertiary/aromatic N) is 1. The Hall–Kier alpha value is -2.05. The molecule has 0 spiro atoms. The van der Waals surface area contributed by atoms with Crippen LogP contribution < -0.4 is 15.4 Å². The maximum absolute atomic E-state index is 14.9. The molecule has 158 valence electrons. The van der Waals surface area contributed by atoms with Crippen LogP contribution in [0, 0.1) is 0 Å². The second kappa shape index (κ2) is 10.1. The molecule has 1 saturated heterocycles. The van der Waals surface area contributed by atoms with Gasteiger partial charge in [0.2, 0.25) is 0 Å².